The van der Waals surface area contributed by atoms with Gasteiger partial charge in [-0.3, -0.25) is 0 Å². The highest BCUT2D eigenvalue weighted by molar-refractivity contribution is 6.34. The topological polar surface area (TPSA) is 67.6 Å². The molecule has 0 saturated heterocycles. The van der Waals surface area contributed by atoms with Crippen LogP contribution in [0.3, 0.4) is 0 Å². The molecule has 0 unspecified atom stereocenters. The highest BCUT2D eigenvalue weighted by Crippen LogP contribution is 2.31. The van der Waals surface area contributed by atoms with Gasteiger partial charge in [0.25, 0.3) is 0 Å². The summed E-state index contributed by atoms with van der Waals surface area (Å²) in [4.78, 5) is 14.0. The molecule has 0 atom stereocenters. The van der Waals surface area contributed by atoms with Gasteiger partial charge in [-0.15, -0.1) is 0 Å². The van der Waals surface area contributed by atoms with E-state index in [0.717, 1.165) is 6.54 Å². The van der Waals surface area contributed by atoms with Crippen molar-refractivity contribution in [2.24, 2.45) is 5.41 Å². The molecule has 0 aliphatic carbocycles. The second kappa shape index (κ2) is 7.00. The number of carbonyl (C=O) groups is 1. The number of carbonyl (C=O) groups excluding carboxylic acids is 1. The fourth-order valence-electron chi connectivity index (χ4n) is 2.32. The van der Waals surface area contributed by atoms with Gasteiger partial charge in [0.15, 0.2) is 0 Å². The highest BCUT2D eigenvalue weighted by Gasteiger charge is 2.22. The van der Waals surface area contributed by atoms with E-state index in [9.17, 15) is 4.79 Å². The summed E-state index contributed by atoms with van der Waals surface area (Å²) >= 11 is 6.21. The van der Waals surface area contributed by atoms with Crippen LogP contribution >= 0.6 is 11.6 Å². The van der Waals surface area contributed by atoms with Crippen molar-refractivity contribution in [2.45, 2.75) is 13.8 Å². The Kier molecular flexibility index (Phi) is 5.87. The van der Waals surface area contributed by atoms with Crippen molar-refractivity contribution in [2.75, 3.05) is 45.3 Å². The molecule has 0 aromatic heterocycles. The summed E-state index contributed by atoms with van der Waals surface area (Å²) in [5.74, 6) is -0.461. The Hall–Kier alpha value is -1.46. The van der Waals surface area contributed by atoms with Crippen molar-refractivity contribution in [1.29, 1.82) is 0 Å². The number of nitrogen functional groups attached to an aromatic ring is 1. The molecule has 3 N–H and O–H groups in total. The van der Waals surface area contributed by atoms with Gasteiger partial charge in [0.1, 0.15) is 0 Å². The van der Waals surface area contributed by atoms with E-state index in [-0.39, 0.29) is 5.41 Å². The second-order valence-corrected chi connectivity index (χ2v) is 6.58. The van der Waals surface area contributed by atoms with Crippen LogP contribution in [-0.4, -0.2) is 45.2 Å². The van der Waals surface area contributed by atoms with Gasteiger partial charge in [0.2, 0.25) is 0 Å². The van der Waals surface area contributed by atoms with E-state index < -0.39 is 5.97 Å². The number of hydrogen-bond donors (Lipinski definition) is 2. The van der Waals surface area contributed by atoms with Crippen molar-refractivity contribution in [3.63, 3.8) is 0 Å². The van der Waals surface area contributed by atoms with E-state index in [1.807, 2.05) is 14.1 Å². The number of methoxy groups -OCH3 is 1. The Morgan fingerprint density at radius 3 is 2.57 bits per heavy atom. The minimum Gasteiger partial charge on any atom is -0.465 e. The first-order valence-corrected chi connectivity index (χ1v) is 7.10. The number of esters is 1. The molecular weight excluding hydrogens is 290 g/mol. The Bertz CT molecular complexity index is 516. The van der Waals surface area contributed by atoms with E-state index in [1.165, 1.54) is 7.11 Å². The SMILES string of the molecule is COC(=O)c1cc(N)cc(Cl)c1NCC(C)(C)CN(C)C. The first-order valence-electron chi connectivity index (χ1n) is 6.72. The Morgan fingerprint density at radius 2 is 2.05 bits per heavy atom. The van der Waals surface area contributed by atoms with E-state index in [4.69, 9.17) is 22.1 Å². The first-order chi connectivity index (χ1) is 9.66. The van der Waals surface area contributed by atoms with E-state index in [1.54, 1.807) is 12.1 Å². The standard InChI is InChI=1S/C15H24ClN3O2/c1-15(2,9-19(3)4)8-18-13-11(14(20)21-5)6-10(17)7-12(13)16/h6-7,18H,8-9,17H2,1-5H3. The lowest BCUT2D eigenvalue weighted by Gasteiger charge is -2.29. The van der Waals surface area contributed by atoms with Gasteiger partial charge < -0.3 is 20.7 Å². The third-order valence-corrected chi connectivity index (χ3v) is 3.30. The largest absolute Gasteiger partial charge is 0.465 e. The number of nitrogens with one attached hydrogen (secondary N) is 1. The van der Waals surface area contributed by atoms with Crippen LogP contribution in [0.4, 0.5) is 11.4 Å². The minimum absolute atomic E-state index is 0.0155. The average molecular weight is 314 g/mol. The molecule has 0 aliphatic heterocycles. The predicted molar refractivity (Wildman–Crippen MR) is 88.0 cm³/mol. The molecule has 6 heteroatoms. The van der Waals surface area contributed by atoms with Gasteiger partial charge in [0, 0.05) is 18.8 Å². The van der Waals surface area contributed by atoms with Gasteiger partial charge in [-0.25, -0.2) is 4.79 Å². The van der Waals surface area contributed by atoms with E-state index in [2.05, 4.69) is 24.1 Å². The molecule has 21 heavy (non-hydrogen) atoms. The van der Waals surface area contributed by atoms with Crippen molar-refractivity contribution < 1.29 is 9.53 Å². The van der Waals surface area contributed by atoms with Crippen molar-refractivity contribution in [3.05, 3.63) is 22.7 Å². The lowest BCUT2D eigenvalue weighted by Crippen LogP contribution is -2.34. The molecular formula is C15H24ClN3O2. The molecule has 0 aliphatic rings. The van der Waals surface area contributed by atoms with Gasteiger partial charge in [-0.2, -0.15) is 0 Å². The van der Waals surface area contributed by atoms with Crippen molar-refractivity contribution in [1.82, 2.24) is 4.90 Å². The average Bonchev–Trinajstić information content (AvgIpc) is 2.34. The zero-order valence-electron chi connectivity index (χ0n) is 13.3. The number of hydrogen-bond acceptors (Lipinski definition) is 5. The maximum atomic E-state index is 11.9. The Balaban J connectivity index is 3.00. The third-order valence-electron chi connectivity index (χ3n) is 3.01. The van der Waals surface area contributed by atoms with Crippen LogP contribution < -0.4 is 11.1 Å². The zero-order chi connectivity index (χ0) is 16.2. The number of halogens is 1. The zero-order valence-corrected chi connectivity index (χ0v) is 14.0. The van der Waals surface area contributed by atoms with E-state index >= 15 is 0 Å². The molecule has 1 aromatic rings. The summed E-state index contributed by atoms with van der Waals surface area (Å²) < 4.78 is 4.78. The molecule has 0 spiro atoms. The summed E-state index contributed by atoms with van der Waals surface area (Å²) in [6.45, 7) is 5.85. The molecule has 1 aromatic carbocycles. The monoisotopic (exact) mass is 313 g/mol. The van der Waals surface area contributed by atoms with Crippen LogP contribution in [0.5, 0.6) is 0 Å². The summed E-state index contributed by atoms with van der Waals surface area (Å²) in [6, 6.07) is 3.19. The normalized spacial score (nSPS) is 11.6. The van der Waals surface area contributed by atoms with Crippen LogP contribution in [0.2, 0.25) is 5.02 Å². The number of rotatable bonds is 6. The van der Waals surface area contributed by atoms with Gasteiger partial charge in [-0.1, -0.05) is 25.4 Å². The van der Waals surface area contributed by atoms with Gasteiger partial charge in [-0.05, 0) is 31.6 Å². The fraction of sp³-hybridized carbons (Fsp3) is 0.533. The quantitative estimate of drug-likeness (QED) is 0.624. The van der Waals surface area contributed by atoms with E-state index in [0.29, 0.717) is 28.5 Å². The molecule has 0 heterocycles. The lowest BCUT2D eigenvalue weighted by atomic mass is 9.92. The third kappa shape index (κ3) is 5.10. The second-order valence-electron chi connectivity index (χ2n) is 6.17. The summed E-state index contributed by atoms with van der Waals surface area (Å²) in [6.07, 6.45) is 0. The fourth-order valence-corrected chi connectivity index (χ4v) is 2.61. The maximum absolute atomic E-state index is 11.9. The van der Waals surface area contributed by atoms with Crippen LogP contribution in [0, 0.1) is 5.41 Å². The number of benzene rings is 1. The number of anilines is 2. The molecule has 5 nitrogen and oxygen atoms in total. The molecule has 0 saturated carbocycles. The Morgan fingerprint density at radius 1 is 1.43 bits per heavy atom. The molecule has 0 bridgehead atoms. The van der Waals surface area contributed by atoms with Crippen molar-refractivity contribution >= 4 is 28.9 Å². The lowest BCUT2D eigenvalue weighted by molar-refractivity contribution is 0.0601. The van der Waals surface area contributed by atoms with Crippen LogP contribution in [0.25, 0.3) is 0 Å². The van der Waals surface area contributed by atoms with Crippen LogP contribution in [-0.2, 0) is 4.74 Å². The minimum atomic E-state index is -0.461. The first kappa shape index (κ1) is 17.6. The highest BCUT2D eigenvalue weighted by atomic mass is 35.5. The van der Waals surface area contributed by atoms with Crippen LogP contribution in [0.1, 0.15) is 24.2 Å². The summed E-state index contributed by atoms with van der Waals surface area (Å²) in [7, 11) is 5.38. The summed E-state index contributed by atoms with van der Waals surface area (Å²) in [5.41, 5.74) is 7.10. The number of ether oxygens (including phenoxy) is 1. The number of nitrogens with zero attached hydrogens (tertiary/aromatic N) is 1. The summed E-state index contributed by atoms with van der Waals surface area (Å²) in [5, 5.41) is 3.67. The Labute approximate surface area is 131 Å². The predicted octanol–water partition coefficient (Wildman–Crippen LogP) is 2.71. The van der Waals surface area contributed by atoms with Gasteiger partial charge in [0.05, 0.1) is 23.4 Å². The molecule has 0 radical (unpaired) electrons. The van der Waals surface area contributed by atoms with Crippen LogP contribution in [0.15, 0.2) is 12.1 Å². The van der Waals surface area contributed by atoms with Crippen molar-refractivity contribution in [3.8, 4) is 0 Å². The number of nitrogens with two attached hydrogens (primary N) is 1. The van der Waals surface area contributed by atoms with Gasteiger partial charge >= 0.3 is 5.97 Å². The maximum Gasteiger partial charge on any atom is 0.340 e. The molecule has 118 valence electrons. The molecule has 0 amide bonds. The molecule has 1 rings (SSSR count). The smallest absolute Gasteiger partial charge is 0.340 e. The molecule has 0 fully saturated rings.